The van der Waals surface area contributed by atoms with Crippen molar-refractivity contribution >= 4 is 23.4 Å². The highest BCUT2D eigenvalue weighted by Gasteiger charge is 2.26. The van der Waals surface area contributed by atoms with E-state index in [1.54, 1.807) is 24.1 Å². The minimum absolute atomic E-state index is 0.101. The highest BCUT2D eigenvalue weighted by Crippen LogP contribution is 2.40. The van der Waals surface area contributed by atoms with Crippen LogP contribution in [0.3, 0.4) is 0 Å². The van der Waals surface area contributed by atoms with Crippen molar-refractivity contribution in [1.29, 1.82) is 0 Å². The third-order valence-electron chi connectivity index (χ3n) is 5.60. The van der Waals surface area contributed by atoms with E-state index in [-0.39, 0.29) is 18.6 Å². The minimum Gasteiger partial charge on any atom is -0.497 e. The van der Waals surface area contributed by atoms with Crippen LogP contribution in [0.4, 0.5) is 0 Å². The maximum absolute atomic E-state index is 13.0. The van der Waals surface area contributed by atoms with Crippen LogP contribution in [0.5, 0.6) is 17.2 Å². The lowest BCUT2D eigenvalue weighted by Crippen LogP contribution is -2.37. The predicted molar refractivity (Wildman–Crippen MR) is 116 cm³/mol. The van der Waals surface area contributed by atoms with Crippen molar-refractivity contribution in [2.45, 2.75) is 19.3 Å². The topological polar surface area (TPSA) is 68.3 Å². The van der Waals surface area contributed by atoms with Crippen molar-refractivity contribution in [1.82, 2.24) is 9.80 Å². The summed E-state index contributed by atoms with van der Waals surface area (Å²) < 4.78 is 15.8. The van der Waals surface area contributed by atoms with Gasteiger partial charge in [-0.3, -0.25) is 9.59 Å². The van der Waals surface area contributed by atoms with Gasteiger partial charge in [-0.1, -0.05) is 23.7 Å². The summed E-state index contributed by atoms with van der Waals surface area (Å²) in [7, 11) is 1.63. The second kappa shape index (κ2) is 9.47. The molecule has 0 bridgehead atoms. The van der Waals surface area contributed by atoms with Crippen molar-refractivity contribution in [3.63, 3.8) is 0 Å². The van der Waals surface area contributed by atoms with Gasteiger partial charge in [0.2, 0.25) is 12.7 Å². The van der Waals surface area contributed by atoms with Gasteiger partial charge in [0, 0.05) is 38.2 Å². The van der Waals surface area contributed by atoms with Crippen LogP contribution in [0.15, 0.2) is 36.4 Å². The van der Waals surface area contributed by atoms with Crippen LogP contribution in [0, 0.1) is 0 Å². The Morgan fingerprint density at radius 3 is 2.55 bits per heavy atom. The fraction of sp³-hybridized carbons (Fsp3) is 0.391. The molecule has 2 aromatic rings. The van der Waals surface area contributed by atoms with E-state index in [0.717, 1.165) is 17.7 Å². The Balaban J connectivity index is 1.33. The summed E-state index contributed by atoms with van der Waals surface area (Å²) in [6.07, 6.45) is 1.86. The molecule has 2 aromatic carbocycles. The Bertz CT molecular complexity index is 963. The Hall–Kier alpha value is -2.93. The fourth-order valence-electron chi connectivity index (χ4n) is 3.84. The summed E-state index contributed by atoms with van der Waals surface area (Å²) in [5.41, 5.74) is 1.56. The van der Waals surface area contributed by atoms with Gasteiger partial charge in [-0.2, -0.15) is 0 Å². The van der Waals surface area contributed by atoms with E-state index in [1.807, 2.05) is 29.2 Å². The number of benzene rings is 2. The van der Waals surface area contributed by atoms with Crippen LogP contribution in [0.1, 0.15) is 28.8 Å². The van der Waals surface area contributed by atoms with Gasteiger partial charge in [0.05, 0.1) is 12.1 Å². The number of amides is 2. The highest BCUT2D eigenvalue weighted by molar-refractivity contribution is 6.32. The van der Waals surface area contributed by atoms with Crippen molar-refractivity contribution < 1.29 is 23.8 Å². The van der Waals surface area contributed by atoms with Crippen LogP contribution >= 0.6 is 11.6 Å². The van der Waals surface area contributed by atoms with Gasteiger partial charge >= 0.3 is 0 Å². The molecule has 0 radical (unpaired) electrons. The number of methoxy groups -OCH3 is 1. The van der Waals surface area contributed by atoms with Crippen molar-refractivity contribution in [2.75, 3.05) is 40.1 Å². The molecule has 2 aliphatic heterocycles. The maximum atomic E-state index is 13.0. The first kappa shape index (κ1) is 21.3. The smallest absolute Gasteiger partial charge is 0.254 e. The van der Waals surface area contributed by atoms with Crippen molar-refractivity contribution in [2.24, 2.45) is 0 Å². The number of ether oxygens (including phenoxy) is 3. The zero-order valence-corrected chi connectivity index (χ0v) is 18.2. The Kier molecular flexibility index (Phi) is 6.51. The SMILES string of the molecule is COc1ccc(CCC(=O)N2CCCN(C(=O)c3cc(Cl)c4c(c3)OCO4)CC2)cc1. The standard InChI is InChI=1S/C23H25ClN2O5/c1-29-18-6-3-16(4-7-18)5-8-21(27)25-9-2-10-26(12-11-25)23(28)17-13-19(24)22-20(14-17)30-15-31-22/h3-4,6-7,13-14H,2,5,8-12,15H2,1H3. The monoisotopic (exact) mass is 444 g/mol. The number of rotatable bonds is 5. The molecule has 0 saturated carbocycles. The highest BCUT2D eigenvalue weighted by atomic mass is 35.5. The third kappa shape index (κ3) is 4.88. The number of halogens is 1. The minimum atomic E-state index is -0.118. The van der Waals surface area contributed by atoms with E-state index in [0.29, 0.717) is 61.1 Å². The van der Waals surface area contributed by atoms with Crippen LogP contribution in [-0.4, -0.2) is 61.7 Å². The van der Waals surface area contributed by atoms with Crippen molar-refractivity contribution in [3.05, 3.63) is 52.5 Å². The molecule has 0 spiro atoms. The molecule has 0 aliphatic carbocycles. The van der Waals surface area contributed by atoms with Crippen LogP contribution in [-0.2, 0) is 11.2 Å². The van der Waals surface area contributed by atoms with Crippen LogP contribution in [0.25, 0.3) is 0 Å². The lowest BCUT2D eigenvalue weighted by atomic mass is 10.1. The largest absolute Gasteiger partial charge is 0.497 e. The molecule has 0 unspecified atom stereocenters. The predicted octanol–water partition coefficient (Wildman–Crippen LogP) is 3.38. The quantitative estimate of drug-likeness (QED) is 0.707. The van der Waals surface area contributed by atoms with Gasteiger partial charge in [-0.15, -0.1) is 0 Å². The Morgan fingerprint density at radius 2 is 1.77 bits per heavy atom. The van der Waals surface area contributed by atoms with Gasteiger partial charge in [-0.25, -0.2) is 0 Å². The number of fused-ring (bicyclic) bond motifs is 1. The molecule has 4 rings (SSSR count). The zero-order chi connectivity index (χ0) is 21.8. The van der Waals surface area contributed by atoms with Gasteiger partial charge in [0.25, 0.3) is 5.91 Å². The summed E-state index contributed by atoms with van der Waals surface area (Å²) in [5.74, 6) is 1.75. The van der Waals surface area contributed by atoms with Crippen LogP contribution in [0.2, 0.25) is 5.02 Å². The average molecular weight is 445 g/mol. The summed E-state index contributed by atoms with van der Waals surface area (Å²) >= 11 is 6.22. The number of nitrogens with zero attached hydrogens (tertiary/aromatic N) is 2. The van der Waals surface area contributed by atoms with Crippen LogP contribution < -0.4 is 14.2 Å². The molecule has 164 valence electrons. The van der Waals surface area contributed by atoms with E-state index in [1.165, 1.54) is 0 Å². The molecular weight excluding hydrogens is 420 g/mol. The van der Waals surface area contributed by atoms with Gasteiger partial charge in [0.15, 0.2) is 11.5 Å². The van der Waals surface area contributed by atoms with E-state index in [4.69, 9.17) is 25.8 Å². The van der Waals surface area contributed by atoms with Gasteiger partial charge in [0.1, 0.15) is 5.75 Å². The molecule has 8 heteroatoms. The third-order valence-corrected chi connectivity index (χ3v) is 5.88. The molecule has 0 N–H and O–H groups in total. The molecular formula is C23H25ClN2O5. The average Bonchev–Trinajstić information content (AvgIpc) is 3.14. The number of aryl methyl sites for hydroxylation is 1. The summed E-state index contributed by atoms with van der Waals surface area (Å²) in [6.45, 7) is 2.34. The fourth-order valence-corrected chi connectivity index (χ4v) is 4.11. The molecule has 1 fully saturated rings. The molecule has 2 aliphatic rings. The molecule has 0 atom stereocenters. The second-order valence-corrected chi connectivity index (χ2v) is 7.97. The zero-order valence-electron chi connectivity index (χ0n) is 17.4. The van der Waals surface area contributed by atoms with Gasteiger partial charge in [-0.05, 0) is 42.7 Å². The number of carbonyl (C=O) groups excluding carboxylic acids is 2. The number of carbonyl (C=O) groups is 2. The maximum Gasteiger partial charge on any atom is 0.254 e. The summed E-state index contributed by atoms with van der Waals surface area (Å²) in [5, 5.41) is 0.364. The van der Waals surface area contributed by atoms with E-state index in [9.17, 15) is 9.59 Å². The summed E-state index contributed by atoms with van der Waals surface area (Å²) in [4.78, 5) is 29.3. The van der Waals surface area contributed by atoms with E-state index < -0.39 is 0 Å². The number of hydrogen-bond donors (Lipinski definition) is 0. The molecule has 7 nitrogen and oxygen atoms in total. The second-order valence-electron chi connectivity index (χ2n) is 7.57. The first-order valence-electron chi connectivity index (χ1n) is 10.3. The lowest BCUT2D eigenvalue weighted by molar-refractivity contribution is -0.131. The Labute approximate surface area is 186 Å². The first-order chi connectivity index (χ1) is 15.0. The Morgan fingerprint density at radius 1 is 1.03 bits per heavy atom. The molecule has 2 amide bonds. The number of hydrogen-bond acceptors (Lipinski definition) is 5. The van der Waals surface area contributed by atoms with Gasteiger partial charge < -0.3 is 24.0 Å². The van der Waals surface area contributed by atoms with Crippen molar-refractivity contribution in [3.8, 4) is 17.2 Å². The molecule has 2 heterocycles. The lowest BCUT2D eigenvalue weighted by Gasteiger charge is -2.22. The summed E-state index contributed by atoms with van der Waals surface area (Å²) in [6, 6.07) is 11.0. The molecule has 1 saturated heterocycles. The normalized spacial score (nSPS) is 15.5. The van der Waals surface area contributed by atoms with E-state index >= 15 is 0 Å². The molecule has 31 heavy (non-hydrogen) atoms. The first-order valence-corrected chi connectivity index (χ1v) is 10.7. The van der Waals surface area contributed by atoms with E-state index in [2.05, 4.69) is 0 Å². The molecule has 0 aromatic heterocycles.